The average molecular weight is 404 g/mol. The van der Waals surface area contributed by atoms with Gasteiger partial charge in [-0.2, -0.15) is 12.6 Å². The molecule has 3 aromatic rings. The lowest BCUT2D eigenvalue weighted by Crippen LogP contribution is -2.12. The first-order valence-electron chi connectivity index (χ1n) is 8.98. The highest BCUT2D eigenvalue weighted by Crippen LogP contribution is 2.34. The van der Waals surface area contributed by atoms with Crippen LogP contribution in [0.15, 0.2) is 36.7 Å². The zero-order chi connectivity index (χ0) is 20.1. The number of ether oxygens (including phenoxy) is 1. The normalized spacial score (nSPS) is 13.9. The maximum absolute atomic E-state index is 14.4. The SMILES string of the molecule is CS.Nc1cc(F)c2c(Nc3ccc(F)cc3OC3CCCC3)ncnc2c1. The smallest absolute Gasteiger partial charge is 0.146 e. The molecule has 1 aromatic heterocycles. The third-order valence-corrected chi connectivity index (χ3v) is 4.50. The van der Waals surface area contributed by atoms with Crippen molar-refractivity contribution in [2.75, 3.05) is 17.3 Å². The van der Waals surface area contributed by atoms with E-state index in [-0.39, 0.29) is 23.0 Å². The second kappa shape index (κ2) is 9.05. The first-order chi connectivity index (χ1) is 13.6. The summed E-state index contributed by atoms with van der Waals surface area (Å²) in [5.74, 6) is -0.256. The van der Waals surface area contributed by atoms with Crippen LogP contribution in [-0.2, 0) is 0 Å². The molecule has 1 saturated carbocycles. The molecule has 5 nitrogen and oxygen atoms in total. The molecule has 0 saturated heterocycles. The molecule has 0 radical (unpaired) electrons. The monoisotopic (exact) mass is 404 g/mol. The molecule has 0 atom stereocenters. The highest BCUT2D eigenvalue weighted by Gasteiger charge is 2.19. The van der Waals surface area contributed by atoms with E-state index in [1.807, 2.05) is 0 Å². The largest absolute Gasteiger partial charge is 0.488 e. The van der Waals surface area contributed by atoms with Gasteiger partial charge in [0.2, 0.25) is 0 Å². The molecule has 0 spiro atoms. The zero-order valence-corrected chi connectivity index (χ0v) is 16.3. The van der Waals surface area contributed by atoms with Crippen molar-refractivity contribution in [2.24, 2.45) is 0 Å². The van der Waals surface area contributed by atoms with Crippen molar-refractivity contribution in [1.82, 2.24) is 9.97 Å². The summed E-state index contributed by atoms with van der Waals surface area (Å²) in [4.78, 5) is 8.20. The molecule has 8 heteroatoms. The van der Waals surface area contributed by atoms with Gasteiger partial charge in [0.1, 0.15) is 29.5 Å². The van der Waals surface area contributed by atoms with Gasteiger partial charge in [-0.25, -0.2) is 18.7 Å². The standard InChI is InChI=1S/C19H18F2N4O.CH4S/c20-11-5-6-15(17(7-11)26-13-3-1-2-4-13)25-19-18-14(21)8-12(22)9-16(18)23-10-24-19;1-2/h5-10,13H,1-4,22H2,(H,23,24,25);2H,1H3. The van der Waals surface area contributed by atoms with Gasteiger partial charge in [0, 0.05) is 11.8 Å². The Kier molecular flexibility index (Phi) is 6.51. The van der Waals surface area contributed by atoms with Crippen LogP contribution in [0.25, 0.3) is 10.9 Å². The quantitative estimate of drug-likeness (QED) is 0.417. The lowest BCUT2D eigenvalue weighted by molar-refractivity contribution is 0.210. The van der Waals surface area contributed by atoms with Crippen molar-refractivity contribution in [1.29, 1.82) is 0 Å². The van der Waals surface area contributed by atoms with Crippen LogP contribution in [0.3, 0.4) is 0 Å². The first-order valence-corrected chi connectivity index (χ1v) is 9.87. The molecule has 2 aromatic carbocycles. The molecule has 1 aliphatic rings. The van der Waals surface area contributed by atoms with Gasteiger partial charge >= 0.3 is 0 Å². The Morgan fingerprint density at radius 2 is 1.86 bits per heavy atom. The number of benzene rings is 2. The Bertz CT molecular complexity index is 964. The van der Waals surface area contributed by atoms with Crippen LogP contribution in [0, 0.1) is 11.6 Å². The van der Waals surface area contributed by atoms with E-state index < -0.39 is 11.6 Å². The van der Waals surface area contributed by atoms with Gasteiger partial charge in [0.25, 0.3) is 0 Å². The van der Waals surface area contributed by atoms with Crippen LogP contribution in [-0.4, -0.2) is 22.3 Å². The number of hydrogen-bond acceptors (Lipinski definition) is 6. The summed E-state index contributed by atoms with van der Waals surface area (Å²) in [6.45, 7) is 0. The maximum Gasteiger partial charge on any atom is 0.146 e. The van der Waals surface area contributed by atoms with E-state index in [9.17, 15) is 8.78 Å². The number of nitrogens with zero attached hydrogens (tertiary/aromatic N) is 2. The number of aromatic nitrogens is 2. The van der Waals surface area contributed by atoms with Crippen LogP contribution < -0.4 is 15.8 Å². The summed E-state index contributed by atoms with van der Waals surface area (Å²) in [6, 6.07) is 7.01. The van der Waals surface area contributed by atoms with Gasteiger partial charge in [0.15, 0.2) is 0 Å². The van der Waals surface area contributed by atoms with E-state index in [0.29, 0.717) is 17.0 Å². The molecule has 0 unspecified atom stereocenters. The lowest BCUT2D eigenvalue weighted by Gasteiger charge is -2.18. The fourth-order valence-corrected chi connectivity index (χ4v) is 3.27. The summed E-state index contributed by atoms with van der Waals surface area (Å²) >= 11 is 3.53. The highest BCUT2D eigenvalue weighted by molar-refractivity contribution is 7.79. The van der Waals surface area contributed by atoms with Crippen molar-refractivity contribution in [3.05, 3.63) is 48.3 Å². The van der Waals surface area contributed by atoms with Crippen LogP contribution in [0.4, 0.5) is 26.0 Å². The summed E-state index contributed by atoms with van der Waals surface area (Å²) < 4.78 is 34.1. The molecule has 0 aliphatic heterocycles. The third kappa shape index (κ3) is 4.44. The second-order valence-corrected chi connectivity index (χ2v) is 6.41. The van der Waals surface area contributed by atoms with Crippen molar-refractivity contribution < 1.29 is 13.5 Å². The number of fused-ring (bicyclic) bond motifs is 1. The molecular weight excluding hydrogens is 382 g/mol. The Hall–Kier alpha value is -2.61. The number of nitrogens with two attached hydrogens (primary N) is 1. The molecule has 28 heavy (non-hydrogen) atoms. The molecular formula is C20H22F2N4OS. The van der Waals surface area contributed by atoms with Crippen LogP contribution >= 0.6 is 12.6 Å². The van der Waals surface area contributed by atoms with E-state index in [1.165, 1.54) is 24.5 Å². The van der Waals surface area contributed by atoms with E-state index in [1.54, 1.807) is 18.4 Å². The molecule has 148 valence electrons. The van der Waals surface area contributed by atoms with Crippen molar-refractivity contribution in [2.45, 2.75) is 31.8 Å². The maximum atomic E-state index is 14.4. The number of hydrogen-bond donors (Lipinski definition) is 3. The number of nitrogens with one attached hydrogen (secondary N) is 1. The zero-order valence-electron chi connectivity index (χ0n) is 15.5. The molecule has 1 fully saturated rings. The van der Waals surface area contributed by atoms with E-state index >= 15 is 0 Å². The Balaban J connectivity index is 0.00000109. The average Bonchev–Trinajstić information content (AvgIpc) is 3.18. The molecule has 0 bridgehead atoms. The van der Waals surface area contributed by atoms with Gasteiger partial charge in [-0.05, 0) is 56.2 Å². The van der Waals surface area contributed by atoms with E-state index in [4.69, 9.17) is 10.5 Å². The van der Waals surface area contributed by atoms with Crippen LogP contribution in [0.1, 0.15) is 25.7 Å². The molecule has 1 aliphatic carbocycles. The molecule has 4 rings (SSSR count). The third-order valence-electron chi connectivity index (χ3n) is 4.50. The van der Waals surface area contributed by atoms with E-state index in [0.717, 1.165) is 25.7 Å². The molecule has 1 heterocycles. The second-order valence-electron chi connectivity index (χ2n) is 6.41. The summed E-state index contributed by atoms with van der Waals surface area (Å²) in [5, 5.41) is 3.27. The number of halogens is 2. The minimum absolute atomic E-state index is 0.0658. The fourth-order valence-electron chi connectivity index (χ4n) is 3.27. The number of nitrogen functional groups attached to an aromatic ring is 1. The van der Waals surface area contributed by atoms with Gasteiger partial charge in [-0.15, -0.1) is 0 Å². The van der Waals surface area contributed by atoms with Gasteiger partial charge in [0.05, 0.1) is 22.7 Å². The topological polar surface area (TPSA) is 73.1 Å². The highest BCUT2D eigenvalue weighted by atomic mass is 32.1. The van der Waals surface area contributed by atoms with Gasteiger partial charge in [-0.1, -0.05) is 0 Å². The van der Waals surface area contributed by atoms with Crippen molar-refractivity contribution in [3.8, 4) is 5.75 Å². The minimum atomic E-state index is -0.525. The fraction of sp³-hybridized carbons (Fsp3) is 0.300. The van der Waals surface area contributed by atoms with Gasteiger partial charge in [-0.3, -0.25) is 0 Å². The molecule has 3 N–H and O–H groups in total. The molecule has 0 amide bonds. The number of thiol groups is 1. The van der Waals surface area contributed by atoms with Crippen molar-refractivity contribution in [3.63, 3.8) is 0 Å². The Labute approximate surface area is 167 Å². The van der Waals surface area contributed by atoms with Crippen LogP contribution in [0.5, 0.6) is 5.75 Å². The summed E-state index contributed by atoms with van der Waals surface area (Å²) in [5.41, 5.74) is 6.87. The number of anilines is 3. The Morgan fingerprint density at radius 3 is 2.61 bits per heavy atom. The minimum Gasteiger partial charge on any atom is -0.488 e. The predicted octanol–water partition coefficient (Wildman–Crippen LogP) is 5.10. The van der Waals surface area contributed by atoms with Crippen LogP contribution in [0.2, 0.25) is 0 Å². The first kappa shape index (κ1) is 20.1. The van der Waals surface area contributed by atoms with Gasteiger partial charge < -0.3 is 15.8 Å². The Morgan fingerprint density at radius 1 is 1.11 bits per heavy atom. The van der Waals surface area contributed by atoms with E-state index in [2.05, 4.69) is 27.9 Å². The summed E-state index contributed by atoms with van der Waals surface area (Å²) in [7, 11) is 0. The summed E-state index contributed by atoms with van der Waals surface area (Å²) in [6.07, 6.45) is 7.18. The lowest BCUT2D eigenvalue weighted by atomic mass is 10.2. The van der Waals surface area contributed by atoms with Crippen molar-refractivity contribution >= 4 is 40.7 Å². The number of rotatable bonds is 4. The predicted molar refractivity (Wildman–Crippen MR) is 111 cm³/mol.